The van der Waals surface area contributed by atoms with E-state index in [1.54, 1.807) is 35.8 Å². The minimum Gasteiger partial charge on any atom is -0.443 e. The zero-order valence-corrected chi connectivity index (χ0v) is 15.8. The molecular weight excluding hydrogens is 410 g/mol. The lowest BCUT2D eigenvalue weighted by molar-refractivity contribution is 0.0711. The molecule has 4 aromatic rings. The van der Waals surface area contributed by atoms with Crippen molar-refractivity contribution < 1.29 is 22.8 Å². The summed E-state index contributed by atoms with van der Waals surface area (Å²) in [5, 5.41) is 9.41. The van der Waals surface area contributed by atoms with Crippen LogP contribution in [-0.4, -0.2) is 24.5 Å². The highest BCUT2D eigenvalue weighted by Gasteiger charge is 2.19. The van der Waals surface area contributed by atoms with E-state index in [0.717, 1.165) is 16.0 Å². The summed E-state index contributed by atoms with van der Waals surface area (Å²) < 4.78 is 33.9. The van der Waals surface area contributed by atoms with Gasteiger partial charge in [0.2, 0.25) is 0 Å². The van der Waals surface area contributed by atoms with E-state index < -0.39 is 15.9 Å². The van der Waals surface area contributed by atoms with Gasteiger partial charge in [0, 0.05) is 10.4 Å². The van der Waals surface area contributed by atoms with Crippen LogP contribution >= 0.6 is 22.7 Å². The van der Waals surface area contributed by atoms with E-state index in [1.807, 2.05) is 0 Å². The average molecular weight is 421 g/mol. The van der Waals surface area contributed by atoms with Crippen LogP contribution in [0.15, 0.2) is 57.6 Å². The van der Waals surface area contributed by atoms with E-state index in [2.05, 4.69) is 9.71 Å². The van der Waals surface area contributed by atoms with E-state index in [-0.39, 0.29) is 4.21 Å². The van der Waals surface area contributed by atoms with Crippen LogP contribution in [0.2, 0.25) is 0 Å². The van der Waals surface area contributed by atoms with Crippen LogP contribution in [-0.2, 0) is 10.0 Å². The first kappa shape index (κ1) is 17.7. The Morgan fingerprint density at radius 1 is 1.15 bits per heavy atom. The number of oxazole rings is 1. The van der Waals surface area contributed by atoms with Crippen molar-refractivity contribution in [3.05, 3.63) is 53.9 Å². The zero-order valence-electron chi connectivity index (χ0n) is 13.4. The van der Waals surface area contributed by atoms with Crippen molar-refractivity contribution in [1.29, 1.82) is 0 Å². The number of fused-ring (bicyclic) bond motifs is 1. The normalized spacial score (nSPS) is 11.6. The number of carbonyl (C=O) groups excluding carboxylic acids is 1. The Labute approximate surface area is 161 Å². The van der Waals surface area contributed by atoms with E-state index in [4.69, 9.17) is 9.62 Å². The molecule has 11 heteroatoms. The smallest absolute Gasteiger partial charge is 0.284 e. The van der Waals surface area contributed by atoms with Gasteiger partial charge in [0.15, 0.2) is 12.2 Å². The lowest BCUT2D eigenvalue weighted by Crippen LogP contribution is -2.16. The van der Waals surface area contributed by atoms with Crippen molar-refractivity contribution in [2.24, 2.45) is 0 Å². The fourth-order valence-electron chi connectivity index (χ4n) is 2.41. The van der Waals surface area contributed by atoms with Crippen LogP contribution in [0.3, 0.4) is 0 Å². The van der Waals surface area contributed by atoms with Crippen molar-refractivity contribution in [1.82, 2.24) is 10.5 Å². The Balaban J connectivity index is 1.61. The van der Waals surface area contributed by atoms with Gasteiger partial charge in [-0.25, -0.2) is 18.9 Å². The predicted molar refractivity (Wildman–Crippen MR) is 102 cm³/mol. The van der Waals surface area contributed by atoms with Gasteiger partial charge in [-0.2, -0.15) is 0 Å². The number of anilines is 1. The van der Waals surface area contributed by atoms with E-state index >= 15 is 0 Å². The molecule has 0 fully saturated rings. The molecule has 8 nitrogen and oxygen atoms in total. The first-order chi connectivity index (χ1) is 13.0. The SMILES string of the molecule is O=C(NO)c1cc2cc(NS(=O)(=O)c3ccc(-c4cnco4)s3)ccc2s1. The van der Waals surface area contributed by atoms with E-state index in [9.17, 15) is 13.2 Å². The third-order valence-electron chi connectivity index (χ3n) is 3.62. The van der Waals surface area contributed by atoms with Crippen LogP contribution < -0.4 is 10.2 Å². The molecule has 0 radical (unpaired) electrons. The molecule has 0 aliphatic rings. The molecule has 3 aromatic heterocycles. The number of sulfonamides is 1. The molecule has 138 valence electrons. The predicted octanol–water partition coefficient (Wildman–Crippen LogP) is 3.54. The van der Waals surface area contributed by atoms with Gasteiger partial charge in [0.05, 0.1) is 16.0 Å². The van der Waals surface area contributed by atoms with Crippen LogP contribution in [0, 0.1) is 0 Å². The fourth-order valence-corrected chi connectivity index (χ4v) is 5.66. The Hall–Kier alpha value is -2.73. The highest BCUT2D eigenvalue weighted by atomic mass is 32.2. The summed E-state index contributed by atoms with van der Waals surface area (Å²) in [6.45, 7) is 0. The summed E-state index contributed by atoms with van der Waals surface area (Å²) in [5.41, 5.74) is 1.95. The lowest BCUT2D eigenvalue weighted by atomic mass is 10.2. The third kappa shape index (κ3) is 3.45. The number of thiophene rings is 2. The summed E-state index contributed by atoms with van der Waals surface area (Å²) in [5.74, 6) is -0.118. The Morgan fingerprint density at radius 3 is 2.74 bits per heavy atom. The van der Waals surface area contributed by atoms with Crippen LogP contribution in [0.25, 0.3) is 20.7 Å². The van der Waals surface area contributed by atoms with Gasteiger partial charge in [0.25, 0.3) is 15.9 Å². The van der Waals surface area contributed by atoms with Crippen molar-refractivity contribution in [3.8, 4) is 10.6 Å². The maximum atomic E-state index is 12.6. The standard InChI is InChI=1S/C16H11N3O5S3/c20-16(18-21)14-6-9-5-10(1-2-12(9)25-14)19-27(22,23)15-4-3-13(26-15)11-7-17-8-24-11/h1-8,19,21H,(H,18,20). The van der Waals surface area contributed by atoms with Gasteiger partial charge in [-0.15, -0.1) is 22.7 Å². The van der Waals surface area contributed by atoms with Gasteiger partial charge < -0.3 is 4.42 Å². The summed E-state index contributed by atoms with van der Waals surface area (Å²) in [6, 6.07) is 9.68. The average Bonchev–Trinajstić information content (AvgIpc) is 3.39. The Morgan fingerprint density at radius 2 is 2.00 bits per heavy atom. The molecule has 0 saturated heterocycles. The number of nitrogens with zero attached hydrogens (tertiary/aromatic N) is 1. The van der Waals surface area contributed by atoms with Crippen molar-refractivity contribution in [2.75, 3.05) is 4.72 Å². The summed E-state index contributed by atoms with van der Waals surface area (Å²) in [4.78, 5) is 16.3. The molecule has 1 aromatic carbocycles. The second kappa shape index (κ2) is 6.78. The molecular formula is C16H11N3O5S3. The number of nitrogens with one attached hydrogen (secondary N) is 2. The number of rotatable bonds is 5. The molecule has 0 aliphatic carbocycles. The van der Waals surface area contributed by atoms with E-state index in [1.165, 1.54) is 30.0 Å². The maximum absolute atomic E-state index is 12.6. The van der Waals surface area contributed by atoms with E-state index in [0.29, 0.717) is 26.6 Å². The number of hydrogen-bond donors (Lipinski definition) is 3. The van der Waals surface area contributed by atoms with Gasteiger partial charge in [-0.3, -0.25) is 14.7 Å². The number of aromatic nitrogens is 1. The Kier molecular flexibility index (Phi) is 4.44. The summed E-state index contributed by atoms with van der Waals surface area (Å²) in [6.07, 6.45) is 2.79. The third-order valence-corrected chi connectivity index (χ3v) is 7.70. The monoisotopic (exact) mass is 421 g/mol. The highest BCUT2D eigenvalue weighted by molar-refractivity contribution is 7.94. The number of hydroxylamine groups is 1. The van der Waals surface area contributed by atoms with Gasteiger partial charge in [-0.1, -0.05) is 0 Å². The molecule has 0 atom stereocenters. The molecule has 27 heavy (non-hydrogen) atoms. The van der Waals surface area contributed by atoms with Crippen molar-refractivity contribution in [2.45, 2.75) is 4.21 Å². The topological polar surface area (TPSA) is 122 Å². The second-order valence-electron chi connectivity index (χ2n) is 5.39. The summed E-state index contributed by atoms with van der Waals surface area (Å²) in [7, 11) is -3.78. The maximum Gasteiger partial charge on any atom is 0.284 e. The van der Waals surface area contributed by atoms with Gasteiger partial charge in [0.1, 0.15) is 4.21 Å². The lowest BCUT2D eigenvalue weighted by Gasteiger charge is -2.06. The first-order valence-corrected chi connectivity index (χ1v) is 10.6. The number of benzene rings is 1. The van der Waals surface area contributed by atoms with Crippen molar-refractivity contribution in [3.63, 3.8) is 0 Å². The van der Waals surface area contributed by atoms with Gasteiger partial charge >= 0.3 is 0 Å². The number of amides is 1. The van der Waals surface area contributed by atoms with Crippen LogP contribution in [0.4, 0.5) is 5.69 Å². The van der Waals surface area contributed by atoms with Crippen LogP contribution in [0.1, 0.15) is 9.67 Å². The molecule has 3 heterocycles. The largest absolute Gasteiger partial charge is 0.443 e. The zero-order chi connectivity index (χ0) is 19.0. The highest BCUT2D eigenvalue weighted by Crippen LogP contribution is 2.33. The molecule has 0 unspecified atom stereocenters. The second-order valence-corrected chi connectivity index (χ2v) is 9.47. The molecule has 4 rings (SSSR count). The molecule has 0 aliphatic heterocycles. The van der Waals surface area contributed by atoms with Crippen LogP contribution in [0.5, 0.6) is 0 Å². The minimum atomic E-state index is -3.78. The molecule has 0 bridgehead atoms. The molecule has 0 spiro atoms. The quantitative estimate of drug-likeness (QED) is 0.335. The Bertz CT molecular complexity index is 1230. The summed E-state index contributed by atoms with van der Waals surface area (Å²) >= 11 is 2.26. The van der Waals surface area contributed by atoms with Gasteiger partial charge in [-0.05, 0) is 41.8 Å². The molecule has 3 N–H and O–H groups in total. The number of carbonyl (C=O) groups is 1. The van der Waals surface area contributed by atoms with Crippen molar-refractivity contribution >= 4 is 54.4 Å². The molecule has 1 amide bonds. The number of hydrogen-bond acceptors (Lipinski definition) is 8. The molecule has 0 saturated carbocycles. The minimum absolute atomic E-state index is 0.139. The fraction of sp³-hybridized carbons (Fsp3) is 0. The first-order valence-electron chi connectivity index (χ1n) is 7.46.